The molecule has 0 amide bonds. The van der Waals surface area contributed by atoms with Gasteiger partial charge in [-0.2, -0.15) is 0 Å². The Bertz CT molecular complexity index is 1160. The molecule has 0 saturated heterocycles. The van der Waals surface area contributed by atoms with Crippen molar-refractivity contribution < 1.29 is 32.6 Å². The van der Waals surface area contributed by atoms with Crippen LogP contribution in [0.25, 0.3) is 0 Å². The van der Waals surface area contributed by atoms with Crippen LogP contribution in [0.5, 0.6) is 5.75 Å². The van der Waals surface area contributed by atoms with Crippen molar-refractivity contribution in [3.63, 3.8) is 0 Å². The maximum atomic E-state index is 13.8. The first-order valence-electron chi connectivity index (χ1n) is 11.6. The number of hydrogen-bond acceptors (Lipinski definition) is 7. The number of aliphatic hydroxyl groups excluding tert-OH is 1. The van der Waals surface area contributed by atoms with Gasteiger partial charge >= 0.3 is 5.97 Å². The number of nitrogens with zero attached hydrogens (tertiary/aromatic N) is 1. The number of hydrogen-bond donors (Lipinski definition) is 2. The predicted octanol–water partition coefficient (Wildman–Crippen LogP) is 4.88. The standard InChI is InChI=1S/C25H32FNO6S2/c1-4-6-11-25(5-2)15-27(18-9-7-17(26)8-10-18)19-12-22(34-3)21(33-14-20(28)24(29)30)13-23(19)35(31,32)16-25/h7-10,12-13,20,28H,4-6,11,14-16H2,1-3H3,(H,29,30)/t20-,25-/m0/s1. The summed E-state index contributed by atoms with van der Waals surface area (Å²) in [5, 5.41) is 18.6. The summed E-state index contributed by atoms with van der Waals surface area (Å²) in [5.41, 5.74) is 0.641. The smallest absolute Gasteiger partial charge is 0.336 e. The molecule has 1 aliphatic heterocycles. The minimum absolute atomic E-state index is 0.0446. The number of rotatable bonds is 10. The normalized spacial score (nSPS) is 20.1. The van der Waals surface area contributed by atoms with Gasteiger partial charge in [-0.05, 0) is 49.4 Å². The van der Waals surface area contributed by atoms with E-state index in [2.05, 4.69) is 6.92 Å². The Morgan fingerprint density at radius 2 is 1.94 bits per heavy atom. The molecule has 1 heterocycles. The Hall–Kier alpha value is -2.30. The predicted molar refractivity (Wildman–Crippen MR) is 135 cm³/mol. The van der Waals surface area contributed by atoms with E-state index >= 15 is 0 Å². The molecule has 0 bridgehead atoms. The number of unbranched alkanes of at least 4 members (excludes halogenated alkanes) is 1. The molecule has 2 atom stereocenters. The van der Waals surface area contributed by atoms with Crippen LogP contribution >= 0.6 is 11.8 Å². The molecular weight excluding hydrogens is 493 g/mol. The van der Waals surface area contributed by atoms with Crippen LogP contribution in [0.2, 0.25) is 0 Å². The molecular formula is C25H32FNO6S2. The van der Waals surface area contributed by atoms with E-state index in [9.17, 15) is 22.7 Å². The van der Waals surface area contributed by atoms with Crippen molar-refractivity contribution in [3.05, 3.63) is 42.2 Å². The molecule has 0 saturated carbocycles. The largest absolute Gasteiger partial charge is 0.489 e. The molecule has 0 aliphatic carbocycles. The molecule has 35 heavy (non-hydrogen) atoms. The van der Waals surface area contributed by atoms with Crippen molar-refractivity contribution >= 4 is 38.9 Å². The highest BCUT2D eigenvalue weighted by atomic mass is 32.2. The molecule has 192 valence electrons. The van der Waals surface area contributed by atoms with Crippen molar-refractivity contribution in [1.82, 2.24) is 0 Å². The lowest BCUT2D eigenvalue weighted by Gasteiger charge is -2.36. The van der Waals surface area contributed by atoms with E-state index in [1.165, 1.54) is 30.0 Å². The summed E-state index contributed by atoms with van der Waals surface area (Å²) in [6.07, 6.45) is 3.27. The Morgan fingerprint density at radius 1 is 1.26 bits per heavy atom. The Balaban J connectivity index is 2.20. The quantitative estimate of drug-likeness (QED) is 0.423. The molecule has 7 nitrogen and oxygen atoms in total. The molecule has 2 N–H and O–H groups in total. The van der Waals surface area contributed by atoms with Gasteiger partial charge in [0.1, 0.15) is 18.2 Å². The Labute approximate surface area is 210 Å². The molecule has 0 unspecified atom stereocenters. The summed E-state index contributed by atoms with van der Waals surface area (Å²) in [5.74, 6) is -1.66. The van der Waals surface area contributed by atoms with Gasteiger partial charge in [0, 0.05) is 23.7 Å². The van der Waals surface area contributed by atoms with Crippen LogP contribution in [0.15, 0.2) is 46.2 Å². The maximum Gasteiger partial charge on any atom is 0.336 e. The summed E-state index contributed by atoms with van der Waals surface area (Å²) >= 11 is 1.32. The topological polar surface area (TPSA) is 104 Å². The first-order chi connectivity index (χ1) is 16.6. The minimum atomic E-state index is -3.76. The Morgan fingerprint density at radius 3 is 2.51 bits per heavy atom. The number of aliphatic carboxylic acids is 1. The number of halogens is 1. The zero-order chi connectivity index (χ0) is 25.8. The first-order valence-corrected chi connectivity index (χ1v) is 14.4. The number of sulfone groups is 1. The average molecular weight is 526 g/mol. The van der Waals surface area contributed by atoms with Gasteiger partial charge in [0.2, 0.25) is 0 Å². The second kappa shape index (κ2) is 11.2. The second-order valence-electron chi connectivity index (χ2n) is 8.91. The summed E-state index contributed by atoms with van der Waals surface area (Å²) in [7, 11) is -3.76. The van der Waals surface area contributed by atoms with Gasteiger partial charge in [0.25, 0.3) is 0 Å². The van der Waals surface area contributed by atoms with Crippen molar-refractivity contribution in [2.24, 2.45) is 5.41 Å². The number of fused-ring (bicyclic) bond motifs is 1. The number of carboxylic acids is 1. The van der Waals surface area contributed by atoms with E-state index in [-0.39, 0.29) is 22.2 Å². The summed E-state index contributed by atoms with van der Waals surface area (Å²) in [6.45, 7) is 4.01. The molecule has 0 fully saturated rings. The zero-order valence-electron chi connectivity index (χ0n) is 20.2. The molecule has 10 heteroatoms. The van der Waals surface area contributed by atoms with Crippen molar-refractivity contribution in [1.29, 1.82) is 0 Å². The van der Waals surface area contributed by atoms with Crippen molar-refractivity contribution in [3.8, 4) is 5.75 Å². The summed E-state index contributed by atoms with van der Waals surface area (Å²) < 4.78 is 46.8. The van der Waals surface area contributed by atoms with Crippen LogP contribution in [-0.4, -0.2) is 55.9 Å². The highest BCUT2D eigenvalue weighted by molar-refractivity contribution is 7.98. The van der Waals surface area contributed by atoms with Gasteiger partial charge in [-0.25, -0.2) is 17.6 Å². The van der Waals surface area contributed by atoms with Crippen LogP contribution in [0, 0.1) is 11.2 Å². The maximum absolute atomic E-state index is 13.8. The third kappa shape index (κ3) is 6.10. The molecule has 2 aromatic carbocycles. The van der Waals surface area contributed by atoms with Gasteiger partial charge in [-0.15, -0.1) is 11.8 Å². The highest BCUT2D eigenvalue weighted by Crippen LogP contribution is 2.47. The second-order valence-corrected chi connectivity index (χ2v) is 11.7. The van der Waals surface area contributed by atoms with Gasteiger partial charge in [-0.1, -0.05) is 26.7 Å². The third-order valence-corrected chi connectivity index (χ3v) is 9.24. The van der Waals surface area contributed by atoms with E-state index in [1.54, 1.807) is 24.5 Å². The summed E-state index contributed by atoms with van der Waals surface area (Å²) in [4.78, 5) is 13.6. The zero-order valence-corrected chi connectivity index (χ0v) is 21.8. The molecule has 0 spiro atoms. The first kappa shape index (κ1) is 27.3. The average Bonchev–Trinajstić information content (AvgIpc) is 2.93. The molecule has 2 aromatic rings. The number of carboxylic acid groups (broad SMARTS) is 1. The lowest BCUT2D eigenvalue weighted by molar-refractivity contribution is -0.148. The fourth-order valence-electron chi connectivity index (χ4n) is 4.40. The summed E-state index contributed by atoms with van der Waals surface area (Å²) in [6, 6.07) is 9.14. The molecule has 0 aromatic heterocycles. The van der Waals surface area contributed by atoms with E-state index in [0.717, 1.165) is 19.3 Å². The molecule has 1 aliphatic rings. The van der Waals surface area contributed by atoms with Gasteiger partial charge in [-0.3, -0.25) is 0 Å². The third-order valence-electron chi connectivity index (χ3n) is 6.49. The van der Waals surface area contributed by atoms with Gasteiger partial charge < -0.3 is 19.8 Å². The van der Waals surface area contributed by atoms with E-state index in [4.69, 9.17) is 9.84 Å². The van der Waals surface area contributed by atoms with Crippen molar-refractivity contribution in [2.45, 2.75) is 55.4 Å². The number of carbonyl (C=O) groups is 1. The number of ether oxygens (including phenoxy) is 1. The fraction of sp³-hybridized carbons (Fsp3) is 0.480. The Kier molecular flexibility index (Phi) is 8.72. The monoisotopic (exact) mass is 525 g/mol. The number of thioether (sulfide) groups is 1. The van der Waals surface area contributed by atoms with Crippen molar-refractivity contribution in [2.75, 3.05) is 30.1 Å². The van der Waals surface area contributed by atoms with E-state index in [1.807, 2.05) is 11.8 Å². The number of aliphatic hydroxyl groups is 1. The number of benzene rings is 2. The molecule has 3 rings (SSSR count). The van der Waals surface area contributed by atoms with Crippen LogP contribution in [-0.2, 0) is 14.6 Å². The number of anilines is 2. The molecule has 0 radical (unpaired) electrons. The van der Waals surface area contributed by atoms with Crippen LogP contribution in [0.1, 0.15) is 39.5 Å². The van der Waals surface area contributed by atoms with Crippen LogP contribution in [0.3, 0.4) is 0 Å². The highest BCUT2D eigenvalue weighted by Gasteiger charge is 2.42. The van der Waals surface area contributed by atoms with E-state index in [0.29, 0.717) is 29.2 Å². The lowest BCUT2D eigenvalue weighted by Crippen LogP contribution is -2.37. The SMILES string of the molecule is CCCC[C@@]1(CC)CN(c2ccc(F)cc2)c2cc(SC)c(OC[C@H](O)C(=O)O)cc2S(=O)(=O)C1. The van der Waals surface area contributed by atoms with Gasteiger partial charge in [0.05, 0.1) is 21.2 Å². The minimum Gasteiger partial charge on any atom is -0.489 e. The van der Waals surface area contributed by atoms with Gasteiger partial charge in [0.15, 0.2) is 15.9 Å². The lowest BCUT2D eigenvalue weighted by atomic mass is 9.81. The van der Waals surface area contributed by atoms with Crippen LogP contribution < -0.4 is 9.64 Å². The fourth-order valence-corrected chi connectivity index (χ4v) is 7.12. The van der Waals surface area contributed by atoms with Crippen LogP contribution in [0.4, 0.5) is 15.8 Å². The van der Waals surface area contributed by atoms with E-state index < -0.39 is 33.9 Å².